The third kappa shape index (κ3) is 7.97. The van der Waals surface area contributed by atoms with E-state index in [0.29, 0.717) is 35.5 Å². The summed E-state index contributed by atoms with van der Waals surface area (Å²) >= 11 is 13.0. The number of halogens is 2. The van der Waals surface area contributed by atoms with Gasteiger partial charge in [-0.1, -0.05) is 59.6 Å². The fraction of sp³-hybridized carbons (Fsp3) is 0.455. The number of nitrogens with zero attached hydrogens (tertiary/aromatic N) is 2. The smallest absolute Gasteiger partial charge is 0.158 e. The molecule has 226 valence electrons. The molecule has 7 nitrogen and oxygen atoms in total. The Balaban J connectivity index is 1.28. The van der Waals surface area contributed by atoms with Crippen molar-refractivity contribution in [2.75, 3.05) is 50.9 Å². The molecule has 3 atom stereocenters. The standard InChI is InChI=1S/C33H40Cl2N2O5/c1-33(39,26-9-5-24(6-10-26)22-42-32-4-2-3-18-41-32)23-36-15-16-37(31(21-36)25-7-11-27(34)12-8-25)30-14-13-28(20-29(30)35)40-19-17-38/h5-14,20,31-32,38-39H,2-4,15-19,21-23H2,1H3/t31-,32?,33+/m0/s1. The zero-order valence-corrected chi connectivity index (χ0v) is 25.6. The van der Waals surface area contributed by atoms with Crippen LogP contribution < -0.4 is 9.64 Å². The van der Waals surface area contributed by atoms with Crippen LogP contribution in [0.3, 0.4) is 0 Å². The normalized spacial score (nSPS) is 21.2. The van der Waals surface area contributed by atoms with Crippen molar-refractivity contribution < 1.29 is 24.4 Å². The van der Waals surface area contributed by atoms with Crippen LogP contribution in [0.5, 0.6) is 5.75 Å². The fourth-order valence-corrected chi connectivity index (χ4v) is 6.14. The number of hydrogen-bond acceptors (Lipinski definition) is 7. The quantitative estimate of drug-likeness (QED) is 0.267. The van der Waals surface area contributed by atoms with Gasteiger partial charge in [-0.15, -0.1) is 0 Å². The molecule has 5 rings (SSSR count). The lowest BCUT2D eigenvalue weighted by Gasteiger charge is -2.45. The van der Waals surface area contributed by atoms with E-state index in [2.05, 4.69) is 9.80 Å². The van der Waals surface area contributed by atoms with E-state index in [-0.39, 0.29) is 25.5 Å². The lowest BCUT2D eigenvalue weighted by atomic mass is 9.93. The van der Waals surface area contributed by atoms with Crippen molar-refractivity contribution in [3.05, 3.63) is 93.5 Å². The lowest BCUT2D eigenvalue weighted by Crippen LogP contribution is -2.52. The lowest BCUT2D eigenvalue weighted by molar-refractivity contribution is -0.168. The highest BCUT2D eigenvalue weighted by Crippen LogP contribution is 2.38. The molecule has 0 radical (unpaired) electrons. The topological polar surface area (TPSA) is 74.6 Å². The van der Waals surface area contributed by atoms with Crippen LogP contribution in [0.15, 0.2) is 66.7 Å². The van der Waals surface area contributed by atoms with Crippen LogP contribution in [0.1, 0.15) is 48.9 Å². The zero-order chi connectivity index (χ0) is 29.5. The molecule has 42 heavy (non-hydrogen) atoms. The number of piperazine rings is 1. The van der Waals surface area contributed by atoms with Gasteiger partial charge in [0.05, 0.1) is 35.6 Å². The first-order valence-corrected chi connectivity index (χ1v) is 15.4. The Bertz CT molecular complexity index is 1280. The summed E-state index contributed by atoms with van der Waals surface area (Å²) in [4.78, 5) is 4.61. The molecular weight excluding hydrogens is 575 g/mol. The molecular formula is C33H40Cl2N2O5. The Morgan fingerprint density at radius 2 is 1.79 bits per heavy atom. The summed E-state index contributed by atoms with van der Waals surface area (Å²) < 4.78 is 17.1. The van der Waals surface area contributed by atoms with E-state index >= 15 is 0 Å². The Labute approximate surface area is 258 Å². The first-order valence-electron chi connectivity index (χ1n) is 14.6. The molecule has 9 heteroatoms. The number of ether oxygens (including phenoxy) is 3. The van der Waals surface area contributed by atoms with Gasteiger partial charge in [-0.05, 0) is 67.1 Å². The van der Waals surface area contributed by atoms with Gasteiger partial charge in [0.15, 0.2) is 6.29 Å². The molecule has 1 unspecified atom stereocenters. The van der Waals surface area contributed by atoms with Crippen LogP contribution >= 0.6 is 23.2 Å². The third-order valence-electron chi connectivity index (χ3n) is 7.99. The van der Waals surface area contributed by atoms with E-state index in [1.165, 1.54) is 0 Å². The van der Waals surface area contributed by atoms with Crippen molar-refractivity contribution in [3.63, 3.8) is 0 Å². The Morgan fingerprint density at radius 1 is 1.00 bits per heavy atom. The SMILES string of the molecule is C[C@@](O)(CN1CCN(c2ccc(OCCO)cc2Cl)[C@H](c2ccc(Cl)cc2)C1)c1ccc(COC2CCCCO2)cc1. The van der Waals surface area contributed by atoms with Crippen molar-refractivity contribution >= 4 is 28.9 Å². The monoisotopic (exact) mass is 614 g/mol. The van der Waals surface area contributed by atoms with Gasteiger partial charge in [0.25, 0.3) is 0 Å². The molecule has 3 aromatic rings. The second kappa shape index (κ2) is 14.4. The van der Waals surface area contributed by atoms with E-state index in [1.807, 2.05) is 67.6 Å². The van der Waals surface area contributed by atoms with Crippen molar-refractivity contribution in [2.45, 2.75) is 50.7 Å². The number of benzene rings is 3. The number of hydrogen-bond donors (Lipinski definition) is 2. The minimum absolute atomic E-state index is 0.00458. The molecule has 0 aliphatic carbocycles. The molecule has 0 aromatic heterocycles. The largest absolute Gasteiger partial charge is 0.491 e. The van der Waals surface area contributed by atoms with Gasteiger partial charge < -0.3 is 29.3 Å². The Kier molecular flexibility index (Phi) is 10.7. The number of aliphatic hydroxyl groups is 2. The number of aliphatic hydroxyl groups excluding tert-OH is 1. The van der Waals surface area contributed by atoms with E-state index in [9.17, 15) is 5.11 Å². The molecule has 0 spiro atoms. The van der Waals surface area contributed by atoms with Crippen LogP contribution in [-0.2, 0) is 21.7 Å². The van der Waals surface area contributed by atoms with Gasteiger partial charge in [-0.3, -0.25) is 4.90 Å². The summed E-state index contributed by atoms with van der Waals surface area (Å²) in [5.41, 5.74) is 2.92. The summed E-state index contributed by atoms with van der Waals surface area (Å²) in [5, 5.41) is 22.0. The van der Waals surface area contributed by atoms with Crippen molar-refractivity contribution in [1.29, 1.82) is 0 Å². The summed E-state index contributed by atoms with van der Waals surface area (Å²) in [6.45, 7) is 5.95. The zero-order valence-electron chi connectivity index (χ0n) is 24.1. The van der Waals surface area contributed by atoms with Crippen LogP contribution in [0, 0.1) is 0 Å². The van der Waals surface area contributed by atoms with Crippen molar-refractivity contribution in [1.82, 2.24) is 4.90 Å². The highest BCUT2D eigenvalue weighted by atomic mass is 35.5. The average Bonchev–Trinajstić information content (AvgIpc) is 3.00. The minimum atomic E-state index is -1.04. The average molecular weight is 616 g/mol. The first kappa shape index (κ1) is 31.1. The van der Waals surface area contributed by atoms with Crippen molar-refractivity contribution in [3.8, 4) is 5.75 Å². The number of rotatable bonds is 11. The number of β-amino-alcohol motifs (C(OH)–C–C–N with tert-alkyl or cyclic N) is 1. The molecule has 3 aromatic carbocycles. The van der Waals surface area contributed by atoms with Gasteiger partial charge in [-0.25, -0.2) is 0 Å². The van der Waals surface area contributed by atoms with Gasteiger partial charge in [-0.2, -0.15) is 0 Å². The van der Waals surface area contributed by atoms with Gasteiger partial charge >= 0.3 is 0 Å². The molecule has 2 heterocycles. The maximum atomic E-state index is 11.6. The Morgan fingerprint density at radius 3 is 2.48 bits per heavy atom. The highest BCUT2D eigenvalue weighted by molar-refractivity contribution is 6.33. The summed E-state index contributed by atoms with van der Waals surface area (Å²) in [5.74, 6) is 0.621. The molecule has 0 amide bonds. The minimum Gasteiger partial charge on any atom is -0.491 e. The Hall–Kier alpha value is -2.36. The third-order valence-corrected chi connectivity index (χ3v) is 8.54. The molecule has 0 saturated carbocycles. The van der Waals surface area contributed by atoms with Crippen LogP contribution in [0.4, 0.5) is 5.69 Å². The predicted molar refractivity (Wildman–Crippen MR) is 166 cm³/mol. The second-order valence-electron chi connectivity index (χ2n) is 11.3. The first-order chi connectivity index (χ1) is 20.3. The molecule has 2 aliphatic rings. The fourth-order valence-electron chi connectivity index (χ4n) is 5.73. The highest BCUT2D eigenvalue weighted by Gasteiger charge is 2.34. The predicted octanol–water partition coefficient (Wildman–Crippen LogP) is 6.18. The molecule has 0 bridgehead atoms. The van der Waals surface area contributed by atoms with Gasteiger partial charge in [0.1, 0.15) is 12.4 Å². The van der Waals surface area contributed by atoms with E-state index in [1.54, 1.807) is 6.07 Å². The van der Waals surface area contributed by atoms with E-state index in [0.717, 1.165) is 61.3 Å². The van der Waals surface area contributed by atoms with Crippen molar-refractivity contribution in [2.24, 2.45) is 0 Å². The van der Waals surface area contributed by atoms with Crippen LogP contribution in [0.2, 0.25) is 10.0 Å². The summed E-state index contributed by atoms with van der Waals surface area (Å²) in [6, 6.07) is 21.6. The summed E-state index contributed by atoms with van der Waals surface area (Å²) in [6.07, 6.45) is 3.05. The summed E-state index contributed by atoms with van der Waals surface area (Å²) in [7, 11) is 0. The van der Waals surface area contributed by atoms with E-state index in [4.69, 9.17) is 42.5 Å². The maximum Gasteiger partial charge on any atom is 0.158 e. The molecule has 2 N–H and O–H groups in total. The van der Waals surface area contributed by atoms with Crippen LogP contribution in [0.25, 0.3) is 0 Å². The van der Waals surface area contributed by atoms with E-state index < -0.39 is 5.60 Å². The molecule has 2 aliphatic heterocycles. The number of anilines is 1. The molecule has 2 fully saturated rings. The molecule has 2 saturated heterocycles. The maximum absolute atomic E-state index is 11.6. The second-order valence-corrected chi connectivity index (χ2v) is 12.1. The van der Waals surface area contributed by atoms with Gasteiger partial charge in [0, 0.05) is 43.9 Å². The van der Waals surface area contributed by atoms with Gasteiger partial charge in [0.2, 0.25) is 0 Å². The van der Waals surface area contributed by atoms with Crippen LogP contribution in [-0.4, -0.2) is 67.4 Å².